The van der Waals surface area contributed by atoms with Crippen molar-refractivity contribution in [1.29, 1.82) is 0 Å². The zero-order valence-corrected chi connectivity index (χ0v) is 7.23. The Labute approximate surface area is 73.9 Å². The summed E-state index contributed by atoms with van der Waals surface area (Å²) >= 11 is 1.81. The summed E-state index contributed by atoms with van der Waals surface area (Å²) in [7, 11) is 0. The molecular weight excluding hydrogens is 170 g/mol. The van der Waals surface area contributed by atoms with E-state index in [0.29, 0.717) is 0 Å². The summed E-state index contributed by atoms with van der Waals surface area (Å²) in [6.45, 7) is 0. The fraction of sp³-hybridized carbons (Fsp3) is 0.222. The van der Waals surface area contributed by atoms with E-state index in [1.165, 1.54) is 10.4 Å². The van der Waals surface area contributed by atoms with Crippen LogP contribution in [-0.2, 0) is 12.8 Å². The second kappa shape index (κ2) is 2.20. The van der Waals surface area contributed by atoms with Crippen molar-refractivity contribution in [3.8, 4) is 0 Å². The molecule has 3 rings (SSSR count). The number of rotatable bonds is 0. The predicted molar refractivity (Wildman–Crippen MR) is 46.4 cm³/mol. The van der Waals surface area contributed by atoms with Gasteiger partial charge < -0.3 is 4.42 Å². The molecule has 60 valence electrons. The Bertz CT molecular complexity index is 342. The van der Waals surface area contributed by atoms with Crippen molar-refractivity contribution >= 4 is 11.3 Å². The third-order valence-electron chi connectivity index (χ3n) is 2.24. The molecule has 0 amide bonds. The van der Waals surface area contributed by atoms with Gasteiger partial charge in [-0.15, -0.1) is 11.3 Å². The van der Waals surface area contributed by atoms with Crippen LogP contribution in [-0.4, -0.2) is 4.98 Å². The number of nitrogens with zero attached hydrogens (tertiary/aromatic N) is 1. The summed E-state index contributed by atoms with van der Waals surface area (Å²) in [6, 6.07) is 2.17. The van der Waals surface area contributed by atoms with Crippen molar-refractivity contribution < 1.29 is 4.42 Å². The largest absolute Gasteiger partial charge is 0.448 e. The van der Waals surface area contributed by atoms with E-state index in [1.807, 2.05) is 11.3 Å². The van der Waals surface area contributed by atoms with Crippen molar-refractivity contribution in [1.82, 2.24) is 4.98 Å². The molecule has 0 saturated carbocycles. The van der Waals surface area contributed by atoms with Crippen LogP contribution in [0, 0.1) is 0 Å². The fourth-order valence-corrected chi connectivity index (χ4v) is 2.49. The Hall–Kier alpha value is -1.09. The number of hydrogen-bond acceptors (Lipinski definition) is 3. The van der Waals surface area contributed by atoms with Gasteiger partial charge in [0.05, 0.1) is 5.69 Å². The van der Waals surface area contributed by atoms with E-state index >= 15 is 0 Å². The first-order chi connectivity index (χ1) is 5.93. The van der Waals surface area contributed by atoms with Crippen LogP contribution in [0.5, 0.6) is 0 Å². The molecule has 1 aliphatic rings. The number of oxazole rings is 1. The quantitative estimate of drug-likeness (QED) is 0.526. The molecular formula is C9H7NOS. The van der Waals surface area contributed by atoms with Gasteiger partial charge in [0, 0.05) is 17.7 Å². The Morgan fingerprint density at radius 3 is 3.42 bits per heavy atom. The molecule has 2 nitrogen and oxygen atoms in total. The van der Waals surface area contributed by atoms with Crippen molar-refractivity contribution in [3.05, 3.63) is 39.7 Å². The van der Waals surface area contributed by atoms with Crippen LogP contribution >= 0.6 is 11.3 Å². The van der Waals surface area contributed by atoms with Gasteiger partial charge in [0.1, 0.15) is 5.76 Å². The smallest absolute Gasteiger partial charge is 0.181 e. The highest BCUT2D eigenvalue weighted by Gasteiger charge is 2.19. The molecule has 12 heavy (non-hydrogen) atoms. The first-order valence-corrected chi connectivity index (χ1v) is 4.78. The maximum Gasteiger partial charge on any atom is 0.181 e. The minimum atomic E-state index is 0.925. The molecule has 0 atom stereocenters. The highest BCUT2D eigenvalue weighted by molar-refractivity contribution is 7.10. The van der Waals surface area contributed by atoms with Crippen LogP contribution in [0.3, 0.4) is 0 Å². The van der Waals surface area contributed by atoms with Gasteiger partial charge in [-0.25, -0.2) is 4.98 Å². The van der Waals surface area contributed by atoms with E-state index < -0.39 is 0 Å². The van der Waals surface area contributed by atoms with Crippen molar-refractivity contribution in [2.75, 3.05) is 0 Å². The standard InChI is InChI=1S/C9H7NOS/c1-2-12-9-4-7-8(3-6(1)9)11-5-10-7/h1-2,5H,3-4H2. The zero-order chi connectivity index (χ0) is 7.97. The van der Waals surface area contributed by atoms with E-state index in [-0.39, 0.29) is 0 Å². The number of fused-ring (bicyclic) bond motifs is 2. The average Bonchev–Trinajstić information content (AvgIpc) is 2.64. The average molecular weight is 177 g/mol. The monoisotopic (exact) mass is 177 g/mol. The van der Waals surface area contributed by atoms with Crippen LogP contribution < -0.4 is 0 Å². The van der Waals surface area contributed by atoms with Crippen molar-refractivity contribution in [2.45, 2.75) is 12.8 Å². The maximum atomic E-state index is 5.28. The molecule has 0 saturated heterocycles. The third kappa shape index (κ3) is 0.770. The molecule has 0 aromatic carbocycles. The SMILES string of the molecule is c1nc2c(o1)Cc1ccsc1C2. The van der Waals surface area contributed by atoms with Gasteiger partial charge in [-0.1, -0.05) is 0 Å². The van der Waals surface area contributed by atoms with Gasteiger partial charge in [-0.2, -0.15) is 0 Å². The normalized spacial score (nSPS) is 14.0. The molecule has 2 aromatic heterocycles. The van der Waals surface area contributed by atoms with Gasteiger partial charge in [0.15, 0.2) is 6.39 Å². The van der Waals surface area contributed by atoms with E-state index in [1.54, 1.807) is 6.39 Å². The van der Waals surface area contributed by atoms with Crippen molar-refractivity contribution in [2.24, 2.45) is 0 Å². The molecule has 0 spiro atoms. The minimum absolute atomic E-state index is 0.925. The zero-order valence-electron chi connectivity index (χ0n) is 6.41. The maximum absolute atomic E-state index is 5.28. The lowest BCUT2D eigenvalue weighted by Gasteiger charge is -2.07. The van der Waals surface area contributed by atoms with E-state index in [0.717, 1.165) is 24.3 Å². The highest BCUT2D eigenvalue weighted by Crippen LogP contribution is 2.29. The van der Waals surface area contributed by atoms with Gasteiger partial charge in [0.25, 0.3) is 0 Å². The third-order valence-corrected chi connectivity index (χ3v) is 3.21. The first kappa shape index (κ1) is 6.43. The van der Waals surface area contributed by atoms with Crippen LogP contribution in [0.2, 0.25) is 0 Å². The van der Waals surface area contributed by atoms with Crippen LogP contribution in [0.25, 0.3) is 0 Å². The highest BCUT2D eigenvalue weighted by atomic mass is 32.1. The lowest BCUT2D eigenvalue weighted by Crippen LogP contribution is -2.02. The molecule has 0 bridgehead atoms. The summed E-state index contributed by atoms with van der Waals surface area (Å²) in [5.41, 5.74) is 2.52. The molecule has 0 radical (unpaired) electrons. The lowest BCUT2D eigenvalue weighted by atomic mass is 10.0. The topological polar surface area (TPSA) is 26.0 Å². The summed E-state index contributed by atoms with van der Waals surface area (Å²) < 4.78 is 5.28. The minimum Gasteiger partial charge on any atom is -0.448 e. The van der Waals surface area contributed by atoms with E-state index in [2.05, 4.69) is 16.4 Å². The van der Waals surface area contributed by atoms with Crippen LogP contribution in [0.1, 0.15) is 21.9 Å². The van der Waals surface area contributed by atoms with Gasteiger partial charge in [0.2, 0.25) is 0 Å². The summed E-state index contributed by atoms with van der Waals surface area (Å²) in [5.74, 6) is 1.04. The lowest BCUT2D eigenvalue weighted by molar-refractivity contribution is 0.509. The molecule has 2 aromatic rings. The Morgan fingerprint density at radius 1 is 1.42 bits per heavy atom. The molecule has 1 aliphatic carbocycles. The number of aromatic nitrogens is 1. The van der Waals surface area contributed by atoms with E-state index in [4.69, 9.17) is 4.42 Å². The summed E-state index contributed by atoms with van der Waals surface area (Å²) in [4.78, 5) is 5.62. The van der Waals surface area contributed by atoms with Crippen molar-refractivity contribution in [3.63, 3.8) is 0 Å². The summed E-state index contributed by atoms with van der Waals surface area (Å²) in [5, 5.41) is 2.14. The molecule has 0 fully saturated rings. The van der Waals surface area contributed by atoms with Crippen LogP contribution in [0.15, 0.2) is 22.3 Å². The first-order valence-electron chi connectivity index (χ1n) is 3.90. The molecule has 0 aliphatic heterocycles. The van der Waals surface area contributed by atoms with E-state index in [9.17, 15) is 0 Å². The second-order valence-corrected chi connectivity index (χ2v) is 3.95. The fourth-order valence-electron chi connectivity index (χ4n) is 1.59. The summed E-state index contributed by atoms with van der Waals surface area (Å²) in [6.07, 6.45) is 3.42. The Balaban J connectivity index is 2.15. The predicted octanol–water partition coefficient (Wildman–Crippen LogP) is 2.23. The molecule has 2 heterocycles. The van der Waals surface area contributed by atoms with Gasteiger partial charge >= 0.3 is 0 Å². The molecule has 0 unspecified atom stereocenters. The number of thiophene rings is 1. The van der Waals surface area contributed by atoms with Gasteiger partial charge in [-0.05, 0) is 17.0 Å². The second-order valence-electron chi connectivity index (χ2n) is 2.94. The van der Waals surface area contributed by atoms with Gasteiger partial charge in [-0.3, -0.25) is 0 Å². The molecule has 3 heteroatoms. The Kier molecular flexibility index (Phi) is 1.18. The van der Waals surface area contributed by atoms with Crippen LogP contribution in [0.4, 0.5) is 0 Å². The Morgan fingerprint density at radius 2 is 2.42 bits per heavy atom. The number of hydrogen-bond donors (Lipinski definition) is 0. The molecule has 0 N–H and O–H groups in total.